The van der Waals surface area contributed by atoms with Gasteiger partial charge in [0.2, 0.25) is 0 Å². The fraction of sp³-hybridized carbons (Fsp3) is 0.286. The lowest BCUT2D eigenvalue weighted by Crippen LogP contribution is -2.23. The van der Waals surface area contributed by atoms with Gasteiger partial charge in [-0.25, -0.2) is 8.78 Å². The van der Waals surface area contributed by atoms with E-state index in [1.807, 2.05) is 12.3 Å². The number of nitrogens with one attached hydrogen (secondary N) is 1. The van der Waals surface area contributed by atoms with Crippen LogP contribution in [0.2, 0.25) is 0 Å². The third-order valence-electron chi connectivity index (χ3n) is 2.91. The number of benzene rings is 1. The predicted molar refractivity (Wildman–Crippen MR) is 83.5 cm³/mol. The predicted octanol–water partition coefficient (Wildman–Crippen LogP) is 4.52. The van der Waals surface area contributed by atoms with Gasteiger partial charge in [0.25, 0.3) is 0 Å². The Morgan fingerprint density at radius 1 is 1.32 bits per heavy atom. The quantitative estimate of drug-likeness (QED) is 0.737. The van der Waals surface area contributed by atoms with Crippen LogP contribution in [0.3, 0.4) is 0 Å². The van der Waals surface area contributed by atoms with Crippen molar-refractivity contribution in [3.8, 4) is 0 Å². The van der Waals surface area contributed by atoms with Gasteiger partial charge in [0.1, 0.15) is 11.6 Å². The molecule has 0 aliphatic rings. The van der Waals surface area contributed by atoms with Crippen molar-refractivity contribution in [3.63, 3.8) is 0 Å². The Hall–Kier alpha value is -0.530. The summed E-state index contributed by atoms with van der Waals surface area (Å²) in [5, 5.41) is 5.32. The topological polar surface area (TPSA) is 12.0 Å². The minimum Gasteiger partial charge on any atom is -0.310 e. The SMILES string of the molecule is CCNC(Cc1c(F)cccc1F)c1csc(I)c1. The van der Waals surface area contributed by atoms with Crippen LogP contribution < -0.4 is 5.32 Å². The van der Waals surface area contributed by atoms with Gasteiger partial charge in [-0.15, -0.1) is 11.3 Å². The Bertz CT molecular complexity index is 536. The molecule has 0 aliphatic carbocycles. The Kier molecular flexibility index (Phi) is 5.29. The first-order valence-electron chi connectivity index (χ1n) is 6.02. The van der Waals surface area contributed by atoms with E-state index in [0.717, 1.165) is 12.1 Å². The Labute approximate surface area is 129 Å². The van der Waals surface area contributed by atoms with E-state index in [2.05, 4.69) is 34.0 Å². The molecule has 102 valence electrons. The van der Waals surface area contributed by atoms with E-state index in [4.69, 9.17) is 0 Å². The van der Waals surface area contributed by atoms with Crippen molar-refractivity contribution in [2.75, 3.05) is 6.54 Å². The van der Waals surface area contributed by atoms with Crippen LogP contribution >= 0.6 is 33.9 Å². The van der Waals surface area contributed by atoms with Crippen molar-refractivity contribution in [2.45, 2.75) is 19.4 Å². The lowest BCUT2D eigenvalue weighted by molar-refractivity contribution is 0.500. The summed E-state index contributed by atoms with van der Waals surface area (Å²) in [4.78, 5) is 0. The Morgan fingerprint density at radius 2 is 2.00 bits per heavy atom. The monoisotopic (exact) mass is 393 g/mol. The highest BCUT2D eigenvalue weighted by Crippen LogP contribution is 2.26. The zero-order valence-corrected chi connectivity index (χ0v) is 13.4. The first kappa shape index (κ1) is 14.9. The molecule has 0 fully saturated rings. The summed E-state index contributed by atoms with van der Waals surface area (Å²) in [5.41, 5.74) is 1.23. The van der Waals surface area contributed by atoms with Gasteiger partial charge in [0.05, 0.1) is 2.88 Å². The fourth-order valence-electron chi connectivity index (χ4n) is 1.99. The van der Waals surface area contributed by atoms with Gasteiger partial charge < -0.3 is 5.32 Å². The zero-order valence-electron chi connectivity index (χ0n) is 10.4. The minimum absolute atomic E-state index is 0.0591. The van der Waals surface area contributed by atoms with Crippen LogP contribution in [0.5, 0.6) is 0 Å². The number of halogens is 3. The average Bonchev–Trinajstić information content (AvgIpc) is 2.79. The smallest absolute Gasteiger partial charge is 0.129 e. The van der Waals surface area contributed by atoms with Gasteiger partial charge >= 0.3 is 0 Å². The first-order valence-corrected chi connectivity index (χ1v) is 7.98. The van der Waals surface area contributed by atoms with Gasteiger partial charge in [0.15, 0.2) is 0 Å². The standard InChI is InChI=1S/C14H14F2INS/c1-2-18-13(9-6-14(17)19-8-9)7-10-11(15)4-3-5-12(10)16/h3-6,8,13,18H,2,7H2,1H3. The maximum atomic E-state index is 13.7. The molecule has 5 heteroatoms. The van der Waals surface area contributed by atoms with Gasteiger partial charge in [-0.1, -0.05) is 13.0 Å². The number of likely N-dealkylation sites (N-methyl/N-ethyl adjacent to an activating group) is 1. The molecule has 19 heavy (non-hydrogen) atoms. The summed E-state index contributed by atoms with van der Waals surface area (Å²) in [6.45, 7) is 2.75. The van der Waals surface area contributed by atoms with Gasteiger partial charge in [-0.05, 0) is 64.7 Å². The second-order valence-electron chi connectivity index (χ2n) is 4.20. The van der Waals surface area contributed by atoms with Crippen LogP contribution in [0.25, 0.3) is 0 Å². The summed E-state index contributed by atoms with van der Waals surface area (Å²) in [7, 11) is 0. The molecule has 1 heterocycles. The molecule has 1 aromatic carbocycles. The highest BCUT2D eigenvalue weighted by atomic mass is 127. The normalized spacial score (nSPS) is 12.6. The third-order valence-corrected chi connectivity index (χ3v) is 4.72. The highest BCUT2D eigenvalue weighted by Gasteiger charge is 2.17. The molecule has 0 saturated heterocycles. The van der Waals surface area contributed by atoms with E-state index >= 15 is 0 Å². The lowest BCUT2D eigenvalue weighted by atomic mass is 10.0. The van der Waals surface area contributed by atoms with E-state index in [0.29, 0.717) is 6.42 Å². The summed E-state index contributed by atoms with van der Waals surface area (Å²) >= 11 is 3.89. The van der Waals surface area contributed by atoms with Crippen molar-refractivity contribution in [2.24, 2.45) is 0 Å². The maximum Gasteiger partial charge on any atom is 0.129 e. The van der Waals surface area contributed by atoms with Crippen molar-refractivity contribution in [1.29, 1.82) is 0 Å². The molecule has 1 N–H and O–H groups in total. The summed E-state index contributed by atoms with van der Waals surface area (Å²) in [6, 6.07) is 6.00. The van der Waals surface area contributed by atoms with Crippen LogP contribution in [0, 0.1) is 14.5 Å². The van der Waals surface area contributed by atoms with Crippen molar-refractivity contribution in [3.05, 3.63) is 55.3 Å². The molecule has 1 atom stereocenters. The first-order chi connectivity index (χ1) is 9.11. The number of thiophene rings is 1. The molecule has 2 aromatic rings. The van der Waals surface area contributed by atoms with Crippen molar-refractivity contribution >= 4 is 33.9 Å². The fourth-order valence-corrected chi connectivity index (χ4v) is 3.42. The van der Waals surface area contributed by atoms with E-state index in [1.54, 1.807) is 11.3 Å². The molecule has 0 bridgehead atoms. The third kappa shape index (κ3) is 3.73. The molecular weight excluding hydrogens is 379 g/mol. The van der Waals surface area contributed by atoms with Crippen LogP contribution in [-0.4, -0.2) is 6.54 Å². The molecule has 0 aliphatic heterocycles. The van der Waals surface area contributed by atoms with Gasteiger partial charge in [-0.2, -0.15) is 0 Å². The van der Waals surface area contributed by atoms with Gasteiger partial charge in [0, 0.05) is 11.6 Å². The second-order valence-corrected chi connectivity index (χ2v) is 7.00. The van der Waals surface area contributed by atoms with Gasteiger partial charge in [-0.3, -0.25) is 0 Å². The molecule has 2 rings (SSSR count). The molecule has 1 unspecified atom stereocenters. The average molecular weight is 393 g/mol. The van der Waals surface area contributed by atoms with E-state index in [-0.39, 0.29) is 11.6 Å². The highest BCUT2D eigenvalue weighted by molar-refractivity contribution is 14.1. The minimum atomic E-state index is -0.479. The number of hydrogen-bond donors (Lipinski definition) is 1. The molecule has 0 amide bonds. The molecule has 1 aromatic heterocycles. The second kappa shape index (κ2) is 6.76. The molecule has 0 saturated carbocycles. The molecule has 1 nitrogen and oxygen atoms in total. The van der Waals surface area contributed by atoms with Crippen molar-refractivity contribution < 1.29 is 8.78 Å². The Morgan fingerprint density at radius 3 is 2.53 bits per heavy atom. The largest absolute Gasteiger partial charge is 0.310 e. The molecule has 0 radical (unpaired) electrons. The zero-order chi connectivity index (χ0) is 13.8. The lowest BCUT2D eigenvalue weighted by Gasteiger charge is -2.17. The molecule has 0 spiro atoms. The van der Waals surface area contributed by atoms with Crippen LogP contribution in [0.4, 0.5) is 8.78 Å². The van der Waals surface area contributed by atoms with E-state index in [1.165, 1.54) is 21.1 Å². The van der Waals surface area contributed by atoms with Crippen LogP contribution in [0.15, 0.2) is 29.6 Å². The van der Waals surface area contributed by atoms with Crippen LogP contribution in [-0.2, 0) is 6.42 Å². The summed E-state index contributed by atoms with van der Waals surface area (Å²) in [5.74, 6) is -0.958. The van der Waals surface area contributed by atoms with Crippen molar-refractivity contribution in [1.82, 2.24) is 5.32 Å². The summed E-state index contributed by atoms with van der Waals surface area (Å²) < 4.78 is 28.6. The number of hydrogen-bond acceptors (Lipinski definition) is 2. The maximum absolute atomic E-state index is 13.7. The van der Waals surface area contributed by atoms with E-state index < -0.39 is 11.6 Å². The van der Waals surface area contributed by atoms with Crippen LogP contribution in [0.1, 0.15) is 24.1 Å². The van der Waals surface area contributed by atoms with E-state index in [9.17, 15) is 8.78 Å². The molecular formula is C14H14F2INS. The number of rotatable bonds is 5. The Balaban J connectivity index is 2.26. The summed E-state index contributed by atoms with van der Waals surface area (Å²) in [6.07, 6.45) is 0.319.